The van der Waals surface area contributed by atoms with E-state index in [1.54, 1.807) is 0 Å². The number of carbonyl (C=O) groups excluding carboxylic acids is 1. The van der Waals surface area contributed by atoms with Crippen LogP contribution in [0.15, 0.2) is 0 Å². The predicted octanol–water partition coefficient (Wildman–Crippen LogP) is 0.362. The molecule has 0 aliphatic carbocycles. The molecule has 0 bridgehead atoms. The SMILES string of the molecule is CCNC(C)(CCSC1COC1)C(N)=O. The van der Waals surface area contributed by atoms with E-state index in [4.69, 9.17) is 10.5 Å². The maximum atomic E-state index is 11.3. The molecule has 0 spiro atoms. The van der Waals surface area contributed by atoms with Gasteiger partial charge < -0.3 is 15.8 Å². The minimum atomic E-state index is -0.563. The van der Waals surface area contributed by atoms with Gasteiger partial charge in [0.05, 0.1) is 24.0 Å². The summed E-state index contributed by atoms with van der Waals surface area (Å²) in [5, 5.41) is 3.76. The quantitative estimate of drug-likeness (QED) is 0.665. The van der Waals surface area contributed by atoms with Crippen molar-refractivity contribution in [3.63, 3.8) is 0 Å². The first-order valence-electron chi connectivity index (χ1n) is 5.33. The van der Waals surface area contributed by atoms with Crippen molar-refractivity contribution in [1.82, 2.24) is 5.32 Å². The van der Waals surface area contributed by atoms with Gasteiger partial charge >= 0.3 is 0 Å². The van der Waals surface area contributed by atoms with Crippen LogP contribution in [-0.4, -0.2) is 42.2 Å². The largest absolute Gasteiger partial charge is 0.379 e. The topological polar surface area (TPSA) is 64.3 Å². The smallest absolute Gasteiger partial charge is 0.237 e. The Balaban J connectivity index is 2.26. The molecule has 3 N–H and O–H groups in total. The van der Waals surface area contributed by atoms with E-state index in [0.29, 0.717) is 5.25 Å². The van der Waals surface area contributed by atoms with Crippen molar-refractivity contribution in [1.29, 1.82) is 0 Å². The molecule has 1 unspecified atom stereocenters. The van der Waals surface area contributed by atoms with Crippen LogP contribution in [0.5, 0.6) is 0 Å². The minimum Gasteiger partial charge on any atom is -0.379 e. The van der Waals surface area contributed by atoms with Crippen molar-refractivity contribution in [3.05, 3.63) is 0 Å². The van der Waals surface area contributed by atoms with Crippen molar-refractivity contribution < 1.29 is 9.53 Å². The van der Waals surface area contributed by atoms with Crippen LogP contribution in [0.4, 0.5) is 0 Å². The number of amides is 1. The molecule has 0 radical (unpaired) electrons. The summed E-state index contributed by atoms with van der Waals surface area (Å²) >= 11 is 1.86. The van der Waals surface area contributed by atoms with Gasteiger partial charge in [-0.15, -0.1) is 0 Å². The van der Waals surface area contributed by atoms with Crippen LogP contribution in [0, 0.1) is 0 Å². The number of hydrogen-bond acceptors (Lipinski definition) is 4. The Kier molecular flexibility index (Phi) is 4.89. The normalized spacial score (nSPS) is 20.7. The molecule has 1 aliphatic rings. The number of carbonyl (C=O) groups is 1. The average molecular weight is 232 g/mol. The van der Waals surface area contributed by atoms with Crippen LogP contribution in [-0.2, 0) is 9.53 Å². The van der Waals surface area contributed by atoms with E-state index in [9.17, 15) is 4.79 Å². The monoisotopic (exact) mass is 232 g/mol. The lowest BCUT2D eigenvalue weighted by Crippen LogP contribution is -2.53. The van der Waals surface area contributed by atoms with Gasteiger partial charge in [0.15, 0.2) is 0 Å². The van der Waals surface area contributed by atoms with Crippen LogP contribution in [0.1, 0.15) is 20.3 Å². The summed E-state index contributed by atoms with van der Waals surface area (Å²) in [6.45, 7) is 6.31. The van der Waals surface area contributed by atoms with Crippen LogP contribution < -0.4 is 11.1 Å². The molecule has 1 aliphatic heterocycles. The highest BCUT2D eigenvalue weighted by Crippen LogP contribution is 2.22. The van der Waals surface area contributed by atoms with Crippen molar-refractivity contribution in [2.45, 2.75) is 31.1 Å². The van der Waals surface area contributed by atoms with Crippen molar-refractivity contribution in [2.24, 2.45) is 5.73 Å². The number of nitrogens with two attached hydrogens (primary N) is 1. The van der Waals surface area contributed by atoms with E-state index < -0.39 is 5.54 Å². The highest BCUT2D eigenvalue weighted by molar-refractivity contribution is 8.00. The predicted molar refractivity (Wildman–Crippen MR) is 63.0 cm³/mol. The number of likely N-dealkylation sites (N-methyl/N-ethyl adjacent to an activating group) is 1. The summed E-state index contributed by atoms with van der Waals surface area (Å²) in [7, 11) is 0. The molecule has 0 aromatic heterocycles. The lowest BCUT2D eigenvalue weighted by atomic mass is 9.98. The van der Waals surface area contributed by atoms with E-state index in [1.165, 1.54) is 0 Å². The van der Waals surface area contributed by atoms with Gasteiger partial charge in [-0.05, 0) is 25.6 Å². The summed E-state index contributed by atoms with van der Waals surface area (Å²) in [5.41, 5.74) is 4.82. The van der Waals surface area contributed by atoms with E-state index in [-0.39, 0.29) is 5.91 Å². The Morgan fingerprint density at radius 1 is 1.67 bits per heavy atom. The molecule has 88 valence electrons. The van der Waals surface area contributed by atoms with E-state index in [1.807, 2.05) is 25.6 Å². The van der Waals surface area contributed by atoms with Gasteiger partial charge in [0.25, 0.3) is 0 Å². The first kappa shape index (κ1) is 12.8. The molecule has 0 aromatic rings. The van der Waals surface area contributed by atoms with Gasteiger partial charge in [0.1, 0.15) is 0 Å². The summed E-state index contributed by atoms with van der Waals surface area (Å²) in [4.78, 5) is 11.3. The van der Waals surface area contributed by atoms with Gasteiger partial charge in [0.2, 0.25) is 5.91 Å². The van der Waals surface area contributed by atoms with Crippen LogP contribution in [0.2, 0.25) is 0 Å². The highest BCUT2D eigenvalue weighted by Gasteiger charge is 2.30. The molecule has 1 atom stereocenters. The molecule has 1 amide bonds. The summed E-state index contributed by atoms with van der Waals surface area (Å²) in [6.07, 6.45) is 0.775. The first-order chi connectivity index (χ1) is 7.08. The van der Waals surface area contributed by atoms with Gasteiger partial charge in [-0.3, -0.25) is 4.79 Å². The molecule has 0 saturated carbocycles. The van der Waals surface area contributed by atoms with Gasteiger partial charge in [-0.25, -0.2) is 0 Å². The Morgan fingerprint density at radius 2 is 2.33 bits per heavy atom. The average Bonchev–Trinajstić information content (AvgIpc) is 2.09. The molecule has 0 aromatic carbocycles. The fraction of sp³-hybridized carbons (Fsp3) is 0.900. The fourth-order valence-electron chi connectivity index (χ4n) is 1.43. The first-order valence-corrected chi connectivity index (χ1v) is 6.37. The Morgan fingerprint density at radius 3 is 2.73 bits per heavy atom. The second-order valence-electron chi connectivity index (χ2n) is 4.01. The molecule has 4 nitrogen and oxygen atoms in total. The van der Waals surface area contributed by atoms with Crippen LogP contribution in [0.25, 0.3) is 0 Å². The number of ether oxygens (including phenoxy) is 1. The zero-order valence-electron chi connectivity index (χ0n) is 9.41. The Bertz CT molecular complexity index is 221. The van der Waals surface area contributed by atoms with Crippen molar-refractivity contribution in [3.8, 4) is 0 Å². The van der Waals surface area contributed by atoms with Gasteiger partial charge in [-0.1, -0.05) is 6.92 Å². The maximum Gasteiger partial charge on any atom is 0.237 e. The maximum absolute atomic E-state index is 11.3. The number of nitrogens with one attached hydrogen (secondary N) is 1. The number of hydrogen-bond donors (Lipinski definition) is 2. The summed E-state index contributed by atoms with van der Waals surface area (Å²) < 4.78 is 5.08. The highest BCUT2D eigenvalue weighted by atomic mass is 32.2. The molecular formula is C10H20N2O2S. The number of primary amides is 1. The third-order valence-electron chi connectivity index (χ3n) is 2.67. The molecule has 1 heterocycles. The zero-order chi connectivity index (χ0) is 11.3. The third kappa shape index (κ3) is 3.66. The molecule has 1 rings (SSSR count). The summed E-state index contributed by atoms with van der Waals surface area (Å²) in [5.74, 6) is 0.676. The van der Waals surface area contributed by atoms with E-state index in [0.717, 1.165) is 31.9 Å². The molecular weight excluding hydrogens is 212 g/mol. The van der Waals surface area contributed by atoms with Gasteiger partial charge in [-0.2, -0.15) is 11.8 Å². The molecule has 1 fully saturated rings. The Hall–Kier alpha value is -0.260. The molecule has 1 saturated heterocycles. The molecule has 5 heteroatoms. The number of thioether (sulfide) groups is 1. The minimum absolute atomic E-state index is 0.269. The molecule has 15 heavy (non-hydrogen) atoms. The fourth-order valence-corrected chi connectivity index (χ4v) is 2.67. The lowest BCUT2D eigenvalue weighted by Gasteiger charge is -2.29. The number of rotatable bonds is 7. The summed E-state index contributed by atoms with van der Waals surface area (Å²) in [6, 6.07) is 0. The van der Waals surface area contributed by atoms with Gasteiger partial charge in [0, 0.05) is 0 Å². The van der Waals surface area contributed by atoms with E-state index >= 15 is 0 Å². The van der Waals surface area contributed by atoms with Crippen LogP contribution >= 0.6 is 11.8 Å². The third-order valence-corrected chi connectivity index (χ3v) is 3.86. The Labute approximate surface area is 95.3 Å². The van der Waals surface area contributed by atoms with Crippen molar-refractivity contribution in [2.75, 3.05) is 25.5 Å². The second-order valence-corrected chi connectivity index (χ2v) is 5.42. The van der Waals surface area contributed by atoms with Crippen LogP contribution in [0.3, 0.4) is 0 Å². The second kappa shape index (κ2) is 5.72. The lowest BCUT2D eigenvalue weighted by molar-refractivity contribution is -0.123. The zero-order valence-corrected chi connectivity index (χ0v) is 10.2. The van der Waals surface area contributed by atoms with E-state index in [2.05, 4.69) is 5.32 Å². The standard InChI is InChI=1S/C10H20N2O2S/c1-3-12-10(2,9(11)13)4-5-15-8-6-14-7-8/h8,12H,3-7H2,1-2H3,(H2,11,13). The van der Waals surface area contributed by atoms with Crippen molar-refractivity contribution >= 4 is 17.7 Å².